The van der Waals surface area contributed by atoms with E-state index in [1.165, 1.54) is 19.5 Å². The average Bonchev–Trinajstić information content (AvgIpc) is 2.16. The Hall–Kier alpha value is -0.750. The zero-order valence-corrected chi connectivity index (χ0v) is 8.96. The average molecular weight is 267 g/mol. The number of alkyl halides is 2. The standard InChI is InChI=1S/C8H9BrF2N2O/c1-14-5-3-13-2-4(9)6(5)7(12)8(10)11/h2-3,7-8H,12H2,1H3. The van der Waals surface area contributed by atoms with Crippen molar-refractivity contribution in [3.8, 4) is 5.75 Å². The van der Waals surface area contributed by atoms with Crippen LogP contribution in [0.4, 0.5) is 8.78 Å². The number of hydrogen-bond acceptors (Lipinski definition) is 3. The predicted molar refractivity (Wildman–Crippen MR) is 51.4 cm³/mol. The quantitative estimate of drug-likeness (QED) is 0.912. The fraction of sp³-hybridized carbons (Fsp3) is 0.375. The van der Waals surface area contributed by atoms with Gasteiger partial charge in [-0.1, -0.05) is 0 Å². The van der Waals surface area contributed by atoms with Crippen LogP contribution in [-0.2, 0) is 0 Å². The molecule has 78 valence electrons. The Balaban J connectivity index is 3.16. The van der Waals surface area contributed by atoms with Gasteiger partial charge in [0.1, 0.15) is 5.75 Å². The second-order valence-electron chi connectivity index (χ2n) is 2.60. The first-order chi connectivity index (χ1) is 6.57. The Morgan fingerprint density at radius 3 is 2.64 bits per heavy atom. The third kappa shape index (κ3) is 2.19. The van der Waals surface area contributed by atoms with Crippen LogP contribution in [0.25, 0.3) is 0 Å². The number of ether oxygens (including phenoxy) is 1. The van der Waals surface area contributed by atoms with Crippen LogP contribution in [0.15, 0.2) is 16.9 Å². The van der Waals surface area contributed by atoms with Crippen LogP contribution in [0.3, 0.4) is 0 Å². The first-order valence-corrected chi connectivity index (χ1v) is 4.58. The van der Waals surface area contributed by atoms with Crippen LogP contribution in [0, 0.1) is 0 Å². The number of methoxy groups -OCH3 is 1. The fourth-order valence-electron chi connectivity index (χ4n) is 1.04. The zero-order valence-electron chi connectivity index (χ0n) is 7.38. The minimum atomic E-state index is -2.64. The molecule has 0 amide bonds. The highest BCUT2D eigenvalue weighted by molar-refractivity contribution is 9.10. The zero-order chi connectivity index (χ0) is 10.7. The Morgan fingerprint density at radius 2 is 2.14 bits per heavy atom. The smallest absolute Gasteiger partial charge is 0.257 e. The van der Waals surface area contributed by atoms with Gasteiger partial charge < -0.3 is 10.5 Å². The molecular weight excluding hydrogens is 258 g/mol. The van der Waals surface area contributed by atoms with Crippen LogP contribution < -0.4 is 10.5 Å². The second kappa shape index (κ2) is 4.65. The Labute approximate surface area is 88.4 Å². The largest absolute Gasteiger partial charge is 0.495 e. The number of halogens is 3. The molecule has 0 aliphatic heterocycles. The van der Waals surface area contributed by atoms with E-state index in [0.29, 0.717) is 4.47 Å². The maximum atomic E-state index is 12.4. The Kier molecular flexibility index (Phi) is 3.77. The van der Waals surface area contributed by atoms with Gasteiger partial charge in [0.2, 0.25) is 0 Å². The predicted octanol–water partition coefficient (Wildman–Crippen LogP) is 2.12. The van der Waals surface area contributed by atoms with Crippen molar-refractivity contribution in [3.63, 3.8) is 0 Å². The Bertz CT molecular complexity index is 322. The van der Waals surface area contributed by atoms with E-state index in [0.717, 1.165) is 0 Å². The summed E-state index contributed by atoms with van der Waals surface area (Å²) >= 11 is 3.10. The number of hydrogen-bond donors (Lipinski definition) is 1. The normalized spacial score (nSPS) is 13.0. The van der Waals surface area contributed by atoms with Gasteiger partial charge >= 0.3 is 0 Å². The third-order valence-electron chi connectivity index (χ3n) is 1.73. The summed E-state index contributed by atoms with van der Waals surface area (Å²) in [5, 5.41) is 0. The summed E-state index contributed by atoms with van der Waals surface area (Å²) in [7, 11) is 1.38. The molecule has 0 aliphatic rings. The molecule has 1 aromatic heterocycles. The van der Waals surface area contributed by atoms with Gasteiger partial charge in [0.25, 0.3) is 6.43 Å². The van der Waals surface area contributed by atoms with Crippen molar-refractivity contribution in [2.75, 3.05) is 7.11 Å². The SMILES string of the molecule is COc1cncc(Br)c1C(N)C(F)F. The molecule has 1 rings (SSSR count). The lowest BCUT2D eigenvalue weighted by Crippen LogP contribution is -2.20. The molecule has 3 nitrogen and oxygen atoms in total. The van der Waals surface area contributed by atoms with Gasteiger partial charge in [-0.15, -0.1) is 0 Å². The van der Waals surface area contributed by atoms with Crippen molar-refractivity contribution in [3.05, 3.63) is 22.4 Å². The minimum absolute atomic E-state index is 0.234. The summed E-state index contributed by atoms with van der Waals surface area (Å²) < 4.78 is 30.1. The molecule has 1 heterocycles. The van der Waals surface area contributed by atoms with E-state index < -0.39 is 12.5 Å². The molecule has 6 heteroatoms. The highest BCUT2D eigenvalue weighted by Crippen LogP contribution is 2.32. The van der Waals surface area contributed by atoms with E-state index in [2.05, 4.69) is 20.9 Å². The van der Waals surface area contributed by atoms with E-state index in [-0.39, 0.29) is 11.3 Å². The number of pyridine rings is 1. The van der Waals surface area contributed by atoms with Crippen molar-refractivity contribution in [1.82, 2.24) is 4.98 Å². The first-order valence-electron chi connectivity index (χ1n) is 3.79. The monoisotopic (exact) mass is 266 g/mol. The highest BCUT2D eigenvalue weighted by Gasteiger charge is 2.23. The maximum absolute atomic E-state index is 12.4. The molecule has 1 unspecified atom stereocenters. The van der Waals surface area contributed by atoms with E-state index in [9.17, 15) is 8.78 Å². The molecule has 1 atom stereocenters. The lowest BCUT2D eigenvalue weighted by atomic mass is 10.1. The van der Waals surface area contributed by atoms with Gasteiger partial charge in [-0.3, -0.25) is 4.98 Å². The molecule has 2 N–H and O–H groups in total. The van der Waals surface area contributed by atoms with Crippen LogP contribution in [0.2, 0.25) is 0 Å². The molecule has 1 aromatic rings. The third-order valence-corrected chi connectivity index (χ3v) is 2.36. The molecule has 0 spiro atoms. The van der Waals surface area contributed by atoms with Crippen molar-refractivity contribution in [2.24, 2.45) is 5.73 Å². The van der Waals surface area contributed by atoms with Crippen molar-refractivity contribution in [1.29, 1.82) is 0 Å². The number of nitrogens with two attached hydrogens (primary N) is 1. The topological polar surface area (TPSA) is 48.1 Å². The molecule has 0 saturated carbocycles. The summed E-state index contributed by atoms with van der Waals surface area (Å²) in [4.78, 5) is 3.79. The van der Waals surface area contributed by atoms with Gasteiger partial charge in [0.15, 0.2) is 0 Å². The molecule has 14 heavy (non-hydrogen) atoms. The lowest BCUT2D eigenvalue weighted by Gasteiger charge is -2.15. The molecular formula is C8H9BrF2N2O. The van der Waals surface area contributed by atoms with Crippen LogP contribution in [0.1, 0.15) is 11.6 Å². The molecule has 0 saturated heterocycles. The van der Waals surface area contributed by atoms with Crippen molar-refractivity contribution < 1.29 is 13.5 Å². The second-order valence-corrected chi connectivity index (χ2v) is 3.45. The van der Waals surface area contributed by atoms with Gasteiger partial charge in [-0.2, -0.15) is 0 Å². The van der Waals surface area contributed by atoms with E-state index >= 15 is 0 Å². The van der Waals surface area contributed by atoms with E-state index in [1.807, 2.05) is 0 Å². The van der Waals surface area contributed by atoms with Gasteiger partial charge in [-0.05, 0) is 15.9 Å². The number of rotatable bonds is 3. The summed E-state index contributed by atoms with van der Waals surface area (Å²) in [6.45, 7) is 0. The first kappa shape index (κ1) is 11.3. The number of nitrogens with zero attached hydrogens (tertiary/aromatic N) is 1. The van der Waals surface area contributed by atoms with Crippen LogP contribution >= 0.6 is 15.9 Å². The summed E-state index contributed by atoms with van der Waals surface area (Å²) in [6, 6.07) is -1.37. The lowest BCUT2D eigenvalue weighted by molar-refractivity contribution is 0.115. The van der Waals surface area contributed by atoms with Crippen LogP contribution in [0.5, 0.6) is 5.75 Å². The molecule has 0 bridgehead atoms. The van der Waals surface area contributed by atoms with Crippen LogP contribution in [-0.4, -0.2) is 18.5 Å². The molecule has 0 radical (unpaired) electrons. The van der Waals surface area contributed by atoms with E-state index in [1.54, 1.807) is 0 Å². The molecule has 0 aliphatic carbocycles. The summed E-state index contributed by atoms with van der Waals surface area (Å²) in [5.41, 5.74) is 5.56. The van der Waals surface area contributed by atoms with Gasteiger partial charge in [0.05, 0.1) is 19.3 Å². The minimum Gasteiger partial charge on any atom is -0.495 e. The van der Waals surface area contributed by atoms with Gasteiger partial charge in [0, 0.05) is 16.2 Å². The Morgan fingerprint density at radius 1 is 1.50 bits per heavy atom. The fourth-order valence-corrected chi connectivity index (χ4v) is 1.62. The van der Waals surface area contributed by atoms with Crippen molar-refractivity contribution in [2.45, 2.75) is 12.5 Å². The number of aromatic nitrogens is 1. The summed E-state index contributed by atoms with van der Waals surface area (Å²) in [5.74, 6) is 0.257. The molecule has 0 fully saturated rings. The van der Waals surface area contributed by atoms with E-state index in [4.69, 9.17) is 10.5 Å². The highest BCUT2D eigenvalue weighted by atomic mass is 79.9. The van der Waals surface area contributed by atoms with Gasteiger partial charge in [-0.25, -0.2) is 8.78 Å². The van der Waals surface area contributed by atoms with Crippen molar-refractivity contribution >= 4 is 15.9 Å². The summed E-state index contributed by atoms with van der Waals surface area (Å²) in [6.07, 6.45) is 0.116. The molecule has 0 aromatic carbocycles. The maximum Gasteiger partial charge on any atom is 0.257 e.